The van der Waals surface area contributed by atoms with Gasteiger partial charge in [0.05, 0.1) is 0 Å². The van der Waals surface area contributed by atoms with Crippen LogP contribution >= 0.6 is 0 Å². The molecule has 1 N–H and O–H groups in total. The van der Waals surface area contributed by atoms with Crippen LogP contribution in [-0.4, -0.2) is 29.4 Å². The highest BCUT2D eigenvalue weighted by molar-refractivity contribution is 5.53. The minimum absolute atomic E-state index is 0.0904. The first kappa shape index (κ1) is 13.1. The predicted octanol–water partition coefficient (Wildman–Crippen LogP) is 2.53. The van der Waals surface area contributed by atoms with Crippen molar-refractivity contribution in [1.82, 2.24) is 15.5 Å². The van der Waals surface area contributed by atoms with E-state index in [1.54, 1.807) is 24.3 Å². The molecule has 1 atom stereocenters. The van der Waals surface area contributed by atoms with Crippen molar-refractivity contribution in [2.24, 2.45) is 0 Å². The van der Waals surface area contributed by atoms with Gasteiger partial charge in [-0.1, -0.05) is 35.5 Å². The summed E-state index contributed by atoms with van der Waals surface area (Å²) in [5.41, 5.74) is -1.45. The van der Waals surface area contributed by atoms with Crippen molar-refractivity contribution < 1.29 is 17.7 Å². The molecule has 2 aromatic rings. The molecular weight excluding hydrogens is 271 g/mol. The van der Waals surface area contributed by atoms with Crippen LogP contribution in [0.2, 0.25) is 0 Å². The van der Waals surface area contributed by atoms with Crippen LogP contribution in [0.3, 0.4) is 0 Å². The van der Waals surface area contributed by atoms with Crippen molar-refractivity contribution in [3.63, 3.8) is 0 Å². The highest BCUT2D eigenvalue weighted by Crippen LogP contribution is 2.44. The molecule has 1 fully saturated rings. The van der Waals surface area contributed by atoms with Crippen molar-refractivity contribution in [3.05, 3.63) is 36.2 Å². The molecule has 106 valence electrons. The number of hydrogen-bond acceptors (Lipinski definition) is 4. The number of hydrogen-bond donors (Lipinski definition) is 1. The summed E-state index contributed by atoms with van der Waals surface area (Å²) >= 11 is 0. The molecule has 0 bridgehead atoms. The van der Waals surface area contributed by atoms with Gasteiger partial charge in [-0.25, -0.2) is 0 Å². The minimum atomic E-state index is -4.42. The van der Waals surface area contributed by atoms with E-state index in [0.717, 1.165) is 0 Å². The van der Waals surface area contributed by atoms with E-state index >= 15 is 0 Å². The van der Waals surface area contributed by atoms with Gasteiger partial charge in [0.2, 0.25) is 11.7 Å². The van der Waals surface area contributed by atoms with E-state index < -0.39 is 11.6 Å². The second-order valence-corrected chi connectivity index (χ2v) is 4.80. The van der Waals surface area contributed by atoms with E-state index in [9.17, 15) is 13.2 Å². The lowest BCUT2D eigenvalue weighted by Crippen LogP contribution is -2.44. The zero-order valence-electron chi connectivity index (χ0n) is 10.4. The Morgan fingerprint density at radius 3 is 2.55 bits per heavy atom. The normalized spacial score (nSPS) is 23.1. The number of rotatable bonds is 2. The summed E-state index contributed by atoms with van der Waals surface area (Å²) < 4.78 is 44.9. The Balaban J connectivity index is 2.01. The molecule has 1 aliphatic rings. The molecule has 0 radical (unpaired) electrons. The van der Waals surface area contributed by atoms with Crippen LogP contribution in [-0.2, 0) is 5.41 Å². The topological polar surface area (TPSA) is 51.0 Å². The van der Waals surface area contributed by atoms with Crippen LogP contribution in [0.5, 0.6) is 0 Å². The van der Waals surface area contributed by atoms with E-state index in [1.807, 2.05) is 6.07 Å². The second-order valence-electron chi connectivity index (χ2n) is 4.80. The molecule has 7 heteroatoms. The summed E-state index contributed by atoms with van der Waals surface area (Å²) in [6.07, 6.45) is -4.51. The van der Waals surface area contributed by atoms with Crippen molar-refractivity contribution in [2.75, 3.05) is 13.1 Å². The third kappa shape index (κ3) is 1.98. The number of nitrogens with zero attached hydrogens (tertiary/aromatic N) is 2. The van der Waals surface area contributed by atoms with Crippen molar-refractivity contribution in [1.29, 1.82) is 0 Å². The van der Waals surface area contributed by atoms with E-state index in [0.29, 0.717) is 5.56 Å². The minimum Gasteiger partial charge on any atom is -0.338 e. The Bertz CT molecular complexity index is 588. The molecule has 20 heavy (non-hydrogen) atoms. The molecule has 4 nitrogen and oxygen atoms in total. The smallest absolute Gasteiger partial charge is 0.338 e. The first-order chi connectivity index (χ1) is 9.53. The maximum Gasteiger partial charge on any atom is 0.404 e. The van der Waals surface area contributed by atoms with Crippen LogP contribution in [0.25, 0.3) is 11.4 Å². The molecule has 1 saturated heterocycles. The molecule has 0 aliphatic carbocycles. The molecule has 1 aromatic carbocycles. The summed E-state index contributed by atoms with van der Waals surface area (Å²) in [4.78, 5) is 3.96. The number of benzene rings is 1. The average Bonchev–Trinajstić information content (AvgIpc) is 3.09. The molecular formula is C13H12F3N3O. The number of alkyl halides is 3. The Hall–Kier alpha value is -1.89. The fourth-order valence-electron chi connectivity index (χ4n) is 2.36. The molecule has 1 aliphatic heterocycles. The maximum absolute atomic E-state index is 13.3. The standard InChI is InChI=1S/C13H12F3N3O/c14-13(15,16)12(6-7-17-8-12)11-18-10(19-20-11)9-4-2-1-3-5-9/h1-5,17H,6-8H2/t12-/m0/s1. The van der Waals surface area contributed by atoms with Crippen molar-refractivity contribution >= 4 is 0 Å². The molecule has 1 aromatic heterocycles. The molecule has 0 saturated carbocycles. The maximum atomic E-state index is 13.3. The van der Waals surface area contributed by atoms with Gasteiger partial charge in [0.15, 0.2) is 5.41 Å². The van der Waals surface area contributed by atoms with Crippen LogP contribution < -0.4 is 5.32 Å². The second kappa shape index (κ2) is 4.59. The third-order valence-corrected chi connectivity index (χ3v) is 3.57. The van der Waals surface area contributed by atoms with Gasteiger partial charge in [-0.3, -0.25) is 0 Å². The first-order valence-corrected chi connectivity index (χ1v) is 6.20. The number of aromatic nitrogens is 2. The van der Waals surface area contributed by atoms with Crippen LogP contribution in [0.1, 0.15) is 12.3 Å². The quantitative estimate of drug-likeness (QED) is 0.920. The van der Waals surface area contributed by atoms with E-state index in [2.05, 4.69) is 15.5 Å². The van der Waals surface area contributed by atoms with Gasteiger partial charge in [0.25, 0.3) is 0 Å². The van der Waals surface area contributed by atoms with Gasteiger partial charge in [0, 0.05) is 12.1 Å². The fourth-order valence-corrected chi connectivity index (χ4v) is 2.36. The highest BCUT2D eigenvalue weighted by Gasteiger charge is 2.61. The van der Waals surface area contributed by atoms with Crippen LogP contribution in [0.15, 0.2) is 34.9 Å². The zero-order chi connectivity index (χ0) is 14.2. The van der Waals surface area contributed by atoms with Crippen LogP contribution in [0, 0.1) is 0 Å². The summed E-state index contributed by atoms with van der Waals surface area (Å²) in [7, 11) is 0. The lowest BCUT2D eigenvalue weighted by atomic mass is 9.86. The Kier molecular flexibility index (Phi) is 3.01. The lowest BCUT2D eigenvalue weighted by molar-refractivity contribution is -0.191. The third-order valence-electron chi connectivity index (χ3n) is 3.57. The first-order valence-electron chi connectivity index (χ1n) is 6.20. The molecule has 0 unspecified atom stereocenters. The molecule has 0 spiro atoms. The summed E-state index contributed by atoms with van der Waals surface area (Å²) in [5.74, 6) is -0.190. The zero-order valence-corrected chi connectivity index (χ0v) is 10.4. The Morgan fingerprint density at radius 2 is 1.95 bits per heavy atom. The van der Waals surface area contributed by atoms with Gasteiger partial charge in [-0.15, -0.1) is 0 Å². The fraction of sp³-hybridized carbons (Fsp3) is 0.385. The van der Waals surface area contributed by atoms with Gasteiger partial charge < -0.3 is 9.84 Å². The summed E-state index contributed by atoms with van der Waals surface area (Å²) in [5, 5.41) is 6.40. The molecule has 3 rings (SSSR count). The van der Waals surface area contributed by atoms with Crippen molar-refractivity contribution in [2.45, 2.75) is 18.0 Å². The van der Waals surface area contributed by atoms with E-state index in [1.165, 1.54) is 0 Å². The largest absolute Gasteiger partial charge is 0.404 e. The van der Waals surface area contributed by atoms with E-state index in [-0.39, 0.29) is 31.2 Å². The Morgan fingerprint density at radius 1 is 1.20 bits per heavy atom. The monoisotopic (exact) mass is 283 g/mol. The SMILES string of the molecule is FC(F)(F)[C@@]1(c2nc(-c3ccccc3)no2)CCNC1. The van der Waals surface area contributed by atoms with Crippen molar-refractivity contribution in [3.8, 4) is 11.4 Å². The predicted molar refractivity (Wildman–Crippen MR) is 65.0 cm³/mol. The summed E-state index contributed by atoms with van der Waals surface area (Å²) in [6.45, 7) is 0.0511. The number of halogens is 3. The van der Waals surface area contributed by atoms with E-state index in [4.69, 9.17) is 4.52 Å². The van der Waals surface area contributed by atoms with Gasteiger partial charge >= 0.3 is 6.18 Å². The van der Waals surface area contributed by atoms with Gasteiger partial charge in [-0.2, -0.15) is 18.2 Å². The molecule has 2 heterocycles. The van der Waals surface area contributed by atoms with Gasteiger partial charge in [-0.05, 0) is 13.0 Å². The summed E-state index contributed by atoms with van der Waals surface area (Å²) in [6, 6.07) is 8.79. The van der Waals surface area contributed by atoms with Gasteiger partial charge in [0.1, 0.15) is 0 Å². The van der Waals surface area contributed by atoms with Crippen LogP contribution in [0.4, 0.5) is 13.2 Å². The molecule has 0 amide bonds. The average molecular weight is 283 g/mol. The highest BCUT2D eigenvalue weighted by atomic mass is 19.4. The lowest BCUT2D eigenvalue weighted by Gasteiger charge is -2.26. The number of nitrogens with one attached hydrogen (secondary N) is 1. The Labute approximate surface area is 113 Å².